The fourth-order valence-electron chi connectivity index (χ4n) is 3.40. The molecule has 2 atom stereocenters. The number of fused-ring (bicyclic) bond motifs is 1. The number of rotatable bonds is 5. The molecule has 2 aromatic carbocycles. The molecule has 0 aliphatic carbocycles. The van der Waals surface area contributed by atoms with Crippen LogP contribution in [0.2, 0.25) is 0 Å². The summed E-state index contributed by atoms with van der Waals surface area (Å²) in [5.74, 6) is 0.838. The third-order valence-electron chi connectivity index (χ3n) is 4.74. The zero-order valence-corrected chi connectivity index (χ0v) is 16.6. The van der Waals surface area contributed by atoms with Crippen molar-refractivity contribution in [3.8, 4) is 5.75 Å². The van der Waals surface area contributed by atoms with Gasteiger partial charge in [-0.2, -0.15) is 4.98 Å². The Morgan fingerprint density at radius 1 is 1.14 bits per heavy atom. The minimum atomic E-state index is -3.52. The molecule has 0 saturated carbocycles. The molecule has 8 nitrogen and oxygen atoms in total. The fourth-order valence-corrected chi connectivity index (χ4v) is 3.82. The molecular formula is C19H20FN5O3S. The molecule has 0 radical (unpaired) electrons. The number of hydrogen-bond acceptors (Lipinski definition) is 6. The lowest BCUT2D eigenvalue weighted by molar-refractivity contribution is 0.413. The van der Waals surface area contributed by atoms with Crippen molar-refractivity contribution in [3.05, 3.63) is 65.5 Å². The molecule has 10 heteroatoms. The zero-order valence-electron chi connectivity index (χ0n) is 15.8. The van der Waals surface area contributed by atoms with E-state index in [-0.39, 0.29) is 23.8 Å². The van der Waals surface area contributed by atoms with Gasteiger partial charge in [0, 0.05) is 0 Å². The topological polar surface area (TPSA) is 98.1 Å². The summed E-state index contributed by atoms with van der Waals surface area (Å²) in [7, 11) is -1.91. The Balaban J connectivity index is 1.73. The molecule has 0 amide bonds. The first-order valence-electron chi connectivity index (χ1n) is 8.92. The van der Waals surface area contributed by atoms with E-state index in [4.69, 9.17) is 4.74 Å². The van der Waals surface area contributed by atoms with E-state index in [1.54, 1.807) is 23.9 Å². The highest BCUT2D eigenvalue weighted by Gasteiger charge is 2.31. The first-order chi connectivity index (χ1) is 13.8. The predicted octanol–water partition coefficient (Wildman–Crippen LogP) is 2.94. The summed E-state index contributed by atoms with van der Waals surface area (Å²) in [5.41, 5.74) is 1.87. The summed E-state index contributed by atoms with van der Waals surface area (Å²) in [6.45, 7) is 0. The van der Waals surface area contributed by atoms with Crippen LogP contribution in [0.3, 0.4) is 0 Å². The molecule has 0 saturated heterocycles. The number of anilines is 2. The maximum atomic E-state index is 13.4. The van der Waals surface area contributed by atoms with Gasteiger partial charge in [0.05, 0.1) is 25.4 Å². The number of nitrogens with one attached hydrogen (secondary N) is 2. The molecule has 1 aliphatic rings. The minimum Gasteiger partial charge on any atom is -0.497 e. The van der Waals surface area contributed by atoms with Gasteiger partial charge in [0.2, 0.25) is 16.0 Å². The lowest BCUT2D eigenvalue weighted by Gasteiger charge is -2.31. The minimum absolute atomic E-state index is 0.0162. The lowest BCUT2D eigenvalue weighted by Crippen LogP contribution is -2.28. The van der Waals surface area contributed by atoms with Crippen molar-refractivity contribution in [1.82, 2.24) is 14.8 Å². The summed E-state index contributed by atoms with van der Waals surface area (Å²) in [6, 6.07) is 13.5. The lowest BCUT2D eigenvalue weighted by atomic mass is 9.93. The SMILES string of the molecule is COc1ccc([C@@H]2C[C@H](c3ccc(F)cc3)n3nc(NS(C)(=O)=O)nc3N2)cc1. The molecule has 2 heterocycles. The van der Waals surface area contributed by atoms with Gasteiger partial charge in [-0.3, -0.25) is 4.72 Å². The number of methoxy groups -OCH3 is 1. The van der Waals surface area contributed by atoms with Crippen molar-refractivity contribution in [2.75, 3.05) is 23.4 Å². The van der Waals surface area contributed by atoms with Crippen LogP contribution in [0.5, 0.6) is 5.75 Å². The van der Waals surface area contributed by atoms with Crippen molar-refractivity contribution in [2.45, 2.75) is 18.5 Å². The number of aromatic nitrogens is 3. The first kappa shape index (κ1) is 19.2. The van der Waals surface area contributed by atoms with Crippen molar-refractivity contribution in [3.63, 3.8) is 0 Å². The molecule has 152 valence electrons. The molecule has 29 heavy (non-hydrogen) atoms. The van der Waals surface area contributed by atoms with Gasteiger partial charge in [-0.25, -0.2) is 17.5 Å². The van der Waals surface area contributed by atoms with E-state index in [9.17, 15) is 12.8 Å². The van der Waals surface area contributed by atoms with Crippen molar-refractivity contribution < 1.29 is 17.5 Å². The molecule has 0 bridgehead atoms. The summed E-state index contributed by atoms with van der Waals surface area (Å²) >= 11 is 0. The van der Waals surface area contributed by atoms with Crippen LogP contribution in [0.15, 0.2) is 48.5 Å². The highest BCUT2D eigenvalue weighted by molar-refractivity contribution is 7.91. The molecule has 1 aromatic heterocycles. The standard InChI is InChI=1S/C19H20FN5O3S/c1-28-15-9-5-12(6-10-15)16-11-17(13-3-7-14(20)8-4-13)25-19(21-16)22-18(23-25)24-29(2,26)27/h3-10,16-17H,11H2,1-2H3,(H2,21,22,23,24)/t16-,17+/m0/s1. The van der Waals surface area contributed by atoms with E-state index in [2.05, 4.69) is 20.1 Å². The monoisotopic (exact) mass is 417 g/mol. The second kappa shape index (κ2) is 7.36. The van der Waals surface area contributed by atoms with E-state index < -0.39 is 10.0 Å². The Labute approximate surface area is 167 Å². The van der Waals surface area contributed by atoms with Gasteiger partial charge < -0.3 is 10.1 Å². The summed E-state index contributed by atoms with van der Waals surface area (Å²) in [6.07, 6.45) is 1.66. The van der Waals surface area contributed by atoms with Gasteiger partial charge in [0.15, 0.2) is 0 Å². The van der Waals surface area contributed by atoms with Crippen LogP contribution in [0.1, 0.15) is 29.6 Å². The third kappa shape index (κ3) is 4.16. The number of halogens is 1. The molecule has 3 aromatic rings. The molecule has 0 fully saturated rings. The number of sulfonamides is 1. The van der Waals surface area contributed by atoms with Crippen molar-refractivity contribution in [1.29, 1.82) is 0 Å². The zero-order chi connectivity index (χ0) is 20.6. The molecule has 0 spiro atoms. The van der Waals surface area contributed by atoms with Crippen LogP contribution in [-0.2, 0) is 10.0 Å². The second-order valence-corrected chi connectivity index (χ2v) is 8.60. The quantitative estimate of drug-likeness (QED) is 0.662. The number of benzene rings is 2. The van der Waals surface area contributed by atoms with E-state index in [0.717, 1.165) is 23.1 Å². The average molecular weight is 417 g/mol. The Morgan fingerprint density at radius 2 is 1.79 bits per heavy atom. The summed E-state index contributed by atoms with van der Waals surface area (Å²) in [5, 5.41) is 7.62. The molecular weight excluding hydrogens is 397 g/mol. The highest BCUT2D eigenvalue weighted by atomic mass is 32.2. The first-order valence-corrected chi connectivity index (χ1v) is 10.8. The van der Waals surface area contributed by atoms with Gasteiger partial charge in [-0.1, -0.05) is 24.3 Å². The van der Waals surface area contributed by atoms with Crippen LogP contribution in [-0.4, -0.2) is 36.5 Å². The Morgan fingerprint density at radius 3 is 2.41 bits per heavy atom. The highest BCUT2D eigenvalue weighted by Crippen LogP contribution is 2.38. The van der Waals surface area contributed by atoms with E-state index in [0.29, 0.717) is 12.4 Å². The number of hydrogen-bond donors (Lipinski definition) is 2. The maximum Gasteiger partial charge on any atom is 0.257 e. The van der Waals surface area contributed by atoms with Gasteiger partial charge in [0.25, 0.3) is 5.95 Å². The van der Waals surface area contributed by atoms with E-state index in [1.165, 1.54) is 12.1 Å². The molecule has 2 N–H and O–H groups in total. The van der Waals surface area contributed by atoms with Crippen LogP contribution < -0.4 is 14.8 Å². The Bertz CT molecular complexity index is 1110. The van der Waals surface area contributed by atoms with Crippen LogP contribution in [0.25, 0.3) is 0 Å². The third-order valence-corrected chi connectivity index (χ3v) is 5.29. The van der Waals surface area contributed by atoms with Crippen molar-refractivity contribution in [2.24, 2.45) is 0 Å². The van der Waals surface area contributed by atoms with Crippen molar-refractivity contribution >= 4 is 21.9 Å². The molecule has 4 rings (SSSR count). The molecule has 0 unspecified atom stereocenters. The summed E-state index contributed by atoms with van der Waals surface area (Å²) < 4.78 is 45.7. The largest absolute Gasteiger partial charge is 0.497 e. The predicted molar refractivity (Wildman–Crippen MR) is 107 cm³/mol. The Kier molecular flexibility index (Phi) is 4.87. The fraction of sp³-hybridized carbons (Fsp3) is 0.263. The van der Waals surface area contributed by atoms with Crippen LogP contribution >= 0.6 is 0 Å². The Hall–Kier alpha value is -3.14. The average Bonchev–Trinajstić information content (AvgIpc) is 3.08. The summed E-state index contributed by atoms with van der Waals surface area (Å²) in [4.78, 5) is 4.29. The van der Waals surface area contributed by atoms with Gasteiger partial charge in [-0.05, 0) is 41.8 Å². The number of ether oxygens (including phenoxy) is 1. The maximum absolute atomic E-state index is 13.4. The van der Waals surface area contributed by atoms with Gasteiger partial charge >= 0.3 is 0 Å². The second-order valence-electron chi connectivity index (χ2n) is 6.85. The number of nitrogens with zero attached hydrogens (tertiary/aromatic N) is 3. The normalized spacial score (nSPS) is 18.6. The van der Waals surface area contributed by atoms with Crippen LogP contribution in [0.4, 0.5) is 16.3 Å². The van der Waals surface area contributed by atoms with Gasteiger partial charge in [-0.15, -0.1) is 5.10 Å². The van der Waals surface area contributed by atoms with Gasteiger partial charge in [0.1, 0.15) is 11.6 Å². The van der Waals surface area contributed by atoms with E-state index in [1.807, 2.05) is 24.3 Å². The van der Waals surface area contributed by atoms with E-state index >= 15 is 0 Å². The molecule has 1 aliphatic heterocycles. The van der Waals surface area contributed by atoms with Crippen LogP contribution in [0, 0.1) is 5.82 Å². The smallest absolute Gasteiger partial charge is 0.257 e.